The average molecular weight is 279 g/mol. The molecule has 3 heteroatoms. The minimum Gasteiger partial charge on any atom is -0.463 e. The predicted molar refractivity (Wildman–Crippen MR) is 83.1 cm³/mol. The third-order valence-corrected chi connectivity index (χ3v) is 3.83. The smallest absolute Gasteiger partial charge is 0.336 e. The topological polar surface area (TPSA) is 29.5 Å². The molecule has 0 fully saturated rings. The molecule has 0 spiro atoms. The van der Waals surface area contributed by atoms with Crippen molar-refractivity contribution in [3.8, 4) is 0 Å². The molecule has 1 rings (SSSR count). The molecule has 0 aromatic rings. The fourth-order valence-electron chi connectivity index (χ4n) is 2.60. The van der Waals surface area contributed by atoms with Crippen LogP contribution in [0.4, 0.5) is 0 Å². The first-order chi connectivity index (χ1) is 9.61. The second-order valence-electron chi connectivity index (χ2n) is 5.46. The van der Waals surface area contributed by atoms with Gasteiger partial charge in [0.05, 0.1) is 12.2 Å². The number of carbonyl (C=O) groups excluding carboxylic acids is 1. The molecular formula is C17H29NO2. The van der Waals surface area contributed by atoms with E-state index in [0.29, 0.717) is 6.61 Å². The maximum Gasteiger partial charge on any atom is 0.336 e. The van der Waals surface area contributed by atoms with Crippen molar-refractivity contribution in [1.82, 2.24) is 4.90 Å². The zero-order chi connectivity index (χ0) is 15.0. The average Bonchev–Trinajstić information content (AvgIpc) is 2.41. The van der Waals surface area contributed by atoms with E-state index >= 15 is 0 Å². The van der Waals surface area contributed by atoms with Gasteiger partial charge in [0, 0.05) is 24.4 Å². The van der Waals surface area contributed by atoms with E-state index in [9.17, 15) is 4.79 Å². The van der Waals surface area contributed by atoms with Crippen LogP contribution in [0.15, 0.2) is 23.5 Å². The van der Waals surface area contributed by atoms with E-state index in [1.807, 2.05) is 20.8 Å². The van der Waals surface area contributed by atoms with Crippen LogP contribution >= 0.6 is 0 Å². The first-order valence-corrected chi connectivity index (χ1v) is 7.94. The van der Waals surface area contributed by atoms with Gasteiger partial charge in [-0.05, 0) is 20.3 Å². The van der Waals surface area contributed by atoms with Crippen LogP contribution in [0.2, 0.25) is 0 Å². The molecule has 20 heavy (non-hydrogen) atoms. The van der Waals surface area contributed by atoms with Crippen LogP contribution in [0, 0.1) is 5.92 Å². The zero-order valence-corrected chi connectivity index (χ0v) is 13.4. The normalized spacial score (nSPS) is 18.6. The minimum atomic E-state index is -0.169. The van der Waals surface area contributed by atoms with Crippen LogP contribution < -0.4 is 0 Å². The maximum absolute atomic E-state index is 12.0. The van der Waals surface area contributed by atoms with Crippen LogP contribution in [-0.4, -0.2) is 24.0 Å². The Labute approximate surface area is 123 Å². The molecule has 0 bridgehead atoms. The molecule has 0 amide bonds. The number of hydrogen-bond donors (Lipinski definition) is 0. The molecule has 1 aliphatic heterocycles. The van der Waals surface area contributed by atoms with Gasteiger partial charge in [-0.25, -0.2) is 4.79 Å². The lowest BCUT2D eigenvalue weighted by Crippen LogP contribution is -2.27. The number of hydrogen-bond acceptors (Lipinski definition) is 3. The Morgan fingerprint density at radius 1 is 1.25 bits per heavy atom. The summed E-state index contributed by atoms with van der Waals surface area (Å²) in [6, 6.07) is 0. The van der Waals surface area contributed by atoms with Crippen molar-refractivity contribution in [3.63, 3.8) is 0 Å². The van der Waals surface area contributed by atoms with Crippen LogP contribution in [0.5, 0.6) is 0 Å². The second kappa shape index (κ2) is 8.83. The highest BCUT2D eigenvalue weighted by atomic mass is 16.5. The van der Waals surface area contributed by atoms with E-state index in [1.165, 1.54) is 32.1 Å². The summed E-state index contributed by atoms with van der Waals surface area (Å²) in [7, 11) is 0. The fraction of sp³-hybridized carbons (Fsp3) is 0.706. The summed E-state index contributed by atoms with van der Waals surface area (Å²) in [5.41, 5.74) is 1.86. The van der Waals surface area contributed by atoms with Crippen LogP contribution in [-0.2, 0) is 9.53 Å². The van der Waals surface area contributed by atoms with Gasteiger partial charge in [-0.1, -0.05) is 45.6 Å². The van der Waals surface area contributed by atoms with Crippen LogP contribution in [0.1, 0.15) is 59.8 Å². The van der Waals surface area contributed by atoms with Gasteiger partial charge in [0.1, 0.15) is 0 Å². The summed E-state index contributed by atoms with van der Waals surface area (Å²) in [5, 5.41) is 0. The third-order valence-electron chi connectivity index (χ3n) is 3.83. The fourth-order valence-corrected chi connectivity index (χ4v) is 2.60. The third kappa shape index (κ3) is 4.69. The van der Waals surface area contributed by atoms with Gasteiger partial charge in [-0.15, -0.1) is 0 Å². The lowest BCUT2D eigenvalue weighted by molar-refractivity contribution is -0.139. The highest BCUT2D eigenvalue weighted by molar-refractivity contribution is 5.90. The summed E-state index contributed by atoms with van der Waals surface area (Å²) in [6.45, 7) is 9.57. The number of ether oxygens (including phenoxy) is 1. The van der Waals surface area contributed by atoms with Gasteiger partial charge in [0.2, 0.25) is 0 Å². The van der Waals surface area contributed by atoms with Gasteiger partial charge >= 0.3 is 5.97 Å². The molecule has 0 radical (unpaired) electrons. The monoisotopic (exact) mass is 279 g/mol. The Morgan fingerprint density at radius 3 is 2.60 bits per heavy atom. The van der Waals surface area contributed by atoms with E-state index in [-0.39, 0.29) is 11.9 Å². The molecule has 0 aliphatic carbocycles. The standard InChI is InChI=1S/C17H29NO2/c1-5-7-8-9-10-12-18-13-11-14(3)16(15(18)4)17(19)20-6-2/h11,13-14H,5-10,12H2,1-4H3. The molecule has 0 N–H and O–H groups in total. The molecule has 1 unspecified atom stereocenters. The number of rotatable bonds is 8. The van der Waals surface area contributed by atoms with Gasteiger partial charge in [0.25, 0.3) is 0 Å². The van der Waals surface area contributed by atoms with Crippen LogP contribution in [0.3, 0.4) is 0 Å². The molecule has 0 aromatic carbocycles. The largest absolute Gasteiger partial charge is 0.463 e. The molecule has 0 aromatic heterocycles. The Bertz CT molecular complexity index is 371. The van der Waals surface area contributed by atoms with Gasteiger partial charge in [0.15, 0.2) is 0 Å². The lowest BCUT2D eigenvalue weighted by atomic mass is 9.96. The highest BCUT2D eigenvalue weighted by Gasteiger charge is 2.24. The summed E-state index contributed by atoms with van der Waals surface area (Å²) >= 11 is 0. The van der Waals surface area contributed by atoms with E-state index < -0.39 is 0 Å². The number of nitrogens with zero attached hydrogens (tertiary/aromatic N) is 1. The van der Waals surface area contributed by atoms with Crippen molar-refractivity contribution in [1.29, 1.82) is 0 Å². The van der Waals surface area contributed by atoms with Crippen molar-refractivity contribution in [2.45, 2.75) is 59.8 Å². The molecule has 1 aliphatic rings. The maximum atomic E-state index is 12.0. The van der Waals surface area contributed by atoms with E-state index in [4.69, 9.17) is 4.74 Å². The Balaban J connectivity index is 2.59. The molecular weight excluding hydrogens is 250 g/mol. The van der Waals surface area contributed by atoms with E-state index in [0.717, 1.165) is 17.8 Å². The summed E-state index contributed by atoms with van der Waals surface area (Å²) in [4.78, 5) is 14.2. The number of carbonyl (C=O) groups is 1. The Hall–Kier alpha value is -1.25. The van der Waals surface area contributed by atoms with Gasteiger partial charge in [-0.2, -0.15) is 0 Å². The first kappa shape index (κ1) is 16.8. The van der Waals surface area contributed by atoms with E-state index in [2.05, 4.69) is 24.1 Å². The first-order valence-electron chi connectivity index (χ1n) is 7.94. The second-order valence-corrected chi connectivity index (χ2v) is 5.46. The number of unbranched alkanes of at least 4 members (excludes halogenated alkanes) is 4. The summed E-state index contributed by atoms with van der Waals surface area (Å²) in [5.74, 6) is -0.0248. The minimum absolute atomic E-state index is 0.144. The van der Waals surface area contributed by atoms with Gasteiger partial charge in [-0.3, -0.25) is 0 Å². The Morgan fingerprint density at radius 2 is 1.95 bits per heavy atom. The molecule has 0 saturated carbocycles. The Kier molecular flexibility index (Phi) is 7.42. The van der Waals surface area contributed by atoms with Gasteiger partial charge < -0.3 is 9.64 Å². The molecule has 1 heterocycles. The van der Waals surface area contributed by atoms with Crippen molar-refractivity contribution in [2.24, 2.45) is 5.92 Å². The summed E-state index contributed by atoms with van der Waals surface area (Å²) < 4.78 is 5.17. The van der Waals surface area contributed by atoms with Crippen LogP contribution in [0.25, 0.3) is 0 Å². The van der Waals surface area contributed by atoms with Crippen molar-refractivity contribution in [2.75, 3.05) is 13.2 Å². The number of allylic oxidation sites excluding steroid dienone is 2. The predicted octanol–water partition coefficient (Wildman–Crippen LogP) is 4.26. The summed E-state index contributed by atoms with van der Waals surface area (Å²) in [6.07, 6.45) is 10.5. The van der Waals surface area contributed by atoms with E-state index in [1.54, 1.807) is 0 Å². The quantitative estimate of drug-likeness (QED) is 0.491. The highest BCUT2D eigenvalue weighted by Crippen LogP contribution is 2.26. The molecule has 1 atom stereocenters. The van der Waals surface area contributed by atoms with Crippen molar-refractivity contribution < 1.29 is 9.53 Å². The SMILES string of the molecule is CCCCCCCN1C=CC(C)C(C(=O)OCC)=C1C. The van der Waals surface area contributed by atoms with Crippen molar-refractivity contribution >= 4 is 5.97 Å². The lowest BCUT2D eigenvalue weighted by Gasteiger charge is -2.29. The molecule has 3 nitrogen and oxygen atoms in total. The van der Waals surface area contributed by atoms with Crippen molar-refractivity contribution in [3.05, 3.63) is 23.5 Å². The number of esters is 1. The molecule has 0 saturated heterocycles. The molecule has 114 valence electrons. The zero-order valence-electron chi connectivity index (χ0n) is 13.4.